The molecule has 5 nitrogen and oxygen atoms in total. The van der Waals surface area contributed by atoms with Crippen molar-refractivity contribution in [3.63, 3.8) is 0 Å². The van der Waals surface area contributed by atoms with Crippen LogP contribution in [0.25, 0.3) is 22.7 Å². The van der Waals surface area contributed by atoms with E-state index < -0.39 is 0 Å². The number of nitrogen functional groups attached to an aromatic ring is 1. The molecule has 0 aromatic carbocycles. The van der Waals surface area contributed by atoms with Crippen LogP contribution in [-0.4, -0.2) is 15.0 Å². The zero-order valence-corrected chi connectivity index (χ0v) is 9.45. The maximum atomic E-state index is 5.67. The van der Waals surface area contributed by atoms with E-state index in [4.69, 9.17) is 10.2 Å². The number of hydrogen-bond acceptors (Lipinski definition) is 5. The third kappa shape index (κ3) is 1.82. The highest BCUT2D eigenvalue weighted by molar-refractivity contribution is 5.76. The Balaban J connectivity index is 2.18. The number of hydrogen-bond donors (Lipinski definition) is 1. The van der Waals surface area contributed by atoms with Gasteiger partial charge in [-0.25, -0.2) is 9.97 Å². The average Bonchev–Trinajstić information content (AvgIpc) is 2.92. The van der Waals surface area contributed by atoms with E-state index >= 15 is 0 Å². The third-order valence-corrected chi connectivity index (χ3v) is 2.53. The fourth-order valence-electron chi connectivity index (χ4n) is 1.74. The minimum Gasteiger partial charge on any atom is -0.463 e. The van der Waals surface area contributed by atoms with Gasteiger partial charge in [0.15, 0.2) is 5.76 Å². The molecule has 0 unspecified atom stereocenters. The van der Waals surface area contributed by atoms with Crippen LogP contribution >= 0.6 is 0 Å². The van der Waals surface area contributed by atoms with Crippen molar-refractivity contribution >= 4 is 5.82 Å². The molecule has 3 heterocycles. The molecule has 2 N–H and O–H groups in total. The first-order valence-corrected chi connectivity index (χ1v) is 5.41. The Kier molecular flexibility index (Phi) is 2.49. The summed E-state index contributed by atoms with van der Waals surface area (Å²) in [6.07, 6.45) is 4.76. The van der Waals surface area contributed by atoms with Crippen LogP contribution in [0.5, 0.6) is 0 Å². The van der Waals surface area contributed by atoms with E-state index in [0.29, 0.717) is 11.6 Å². The van der Waals surface area contributed by atoms with Crippen molar-refractivity contribution in [3.8, 4) is 22.7 Å². The molecule has 18 heavy (non-hydrogen) atoms. The van der Waals surface area contributed by atoms with Gasteiger partial charge in [0.25, 0.3) is 0 Å². The SMILES string of the molecule is Nc1cc(-c2cccnc2-c2ccco2)ncn1. The van der Waals surface area contributed by atoms with Gasteiger partial charge in [0.2, 0.25) is 0 Å². The normalized spacial score (nSPS) is 10.4. The monoisotopic (exact) mass is 238 g/mol. The molecular formula is C13H10N4O. The summed E-state index contributed by atoms with van der Waals surface area (Å²) in [5.41, 5.74) is 7.99. The molecule has 0 bridgehead atoms. The topological polar surface area (TPSA) is 77.8 Å². The number of nitrogens with two attached hydrogens (primary N) is 1. The zero-order chi connectivity index (χ0) is 12.4. The molecule has 0 aliphatic carbocycles. The molecule has 3 aromatic heterocycles. The average molecular weight is 238 g/mol. The lowest BCUT2D eigenvalue weighted by molar-refractivity contribution is 0.580. The molecule has 0 fully saturated rings. The van der Waals surface area contributed by atoms with Gasteiger partial charge in [-0.1, -0.05) is 0 Å². The summed E-state index contributed by atoms with van der Waals surface area (Å²) >= 11 is 0. The third-order valence-electron chi connectivity index (χ3n) is 2.53. The second kappa shape index (κ2) is 4.29. The van der Waals surface area contributed by atoms with Crippen LogP contribution in [0.4, 0.5) is 5.82 Å². The predicted molar refractivity (Wildman–Crippen MR) is 67.4 cm³/mol. The first-order valence-electron chi connectivity index (χ1n) is 5.41. The van der Waals surface area contributed by atoms with E-state index in [0.717, 1.165) is 17.0 Å². The summed E-state index contributed by atoms with van der Waals surface area (Å²) in [7, 11) is 0. The molecule has 3 rings (SSSR count). The van der Waals surface area contributed by atoms with E-state index in [1.165, 1.54) is 6.33 Å². The molecule has 0 atom stereocenters. The number of rotatable bonds is 2. The van der Waals surface area contributed by atoms with Gasteiger partial charge in [-0.3, -0.25) is 4.98 Å². The molecule has 0 aliphatic heterocycles. The summed E-state index contributed by atoms with van der Waals surface area (Å²) in [5.74, 6) is 1.12. The molecule has 0 aliphatic rings. The van der Waals surface area contributed by atoms with Crippen LogP contribution in [-0.2, 0) is 0 Å². The fourth-order valence-corrected chi connectivity index (χ4v) is 1.74. The van der Waals surface area contributed by atoms with Crippen LogP contribution < -0.4 is 5.73 Å². The molecule has 88 valence electrons. The number of aromatic nitrogens is 3. The quantitative estimate of drug-likeness (QED) is 0.741. The fraction of sp³-hybridized carbons (Fsp3) is 0. The van der Waals surface area contributed by atoms with Crippen LogP contribution in [0.15, 0.2) is 53.5 Å². The van der Waals surface area contributed by atoms with E-state index in [1.54, 1.807) is 18.5 Å². The zero-order valence-electron chi connectivity index (χ0n) is 9.45. The molecule has 0 saturated heterocycles. The van der Waals surface area contributed by atoms with Crippen molar-refractivity contribution in [3.05, 3.63) is 49.1 Å². The van der Waals surface area contributed by atoms with Gasteiger partial charge in [0, 0.05) is 17.8 Å². The summed E-state index contributed by atoms with van der Waals surface area (Å²) in [6, 6.07) is 9.16. The molecule has 3 aromatic rings. The Morgan fingerprint density at radius 1 is 1.06 bits per heavy atom. The highest BCUT2D eigenvalue weighted by Gasteiger charge is 2.11. The minimum absolute atomic E-state index is 0.425. The maximum absolute atomic E-state index is 5.67. The van der Waals surface area contributed by atoms with Crippen molar-refractivity contribution in [1.29, 1.82) is 0 Å². The van der Waals surface area contributed by atoms with E-state index in [9.17, 15) is 0 Å². The Bertz CT molecular complexity index is 664. The Labute approximate surface area is 103 Å². The second-order valence-corrected chi connectivity index (χ2v) is 3.70. The molecular weight excluding hydrogens is 228 g/mol. The van der Waals surface area contributed by atoms with Gasteiger partial charge in [-0.15, -0.1) is 0 Å². The van der Waals surface area contributed by atoms with E-state index in [-0.39, 0.29) is 0 Å². The van der Waals surface area contributed by atoms with Gasteiger partial charge in [-0.2, -0.15) is 0 Å². The highest BCUT2D eigenvalue weighted by Crippen LogP contribution is 2.29. The lowest BCUT2D eigenvalue weighted by atomic mass is 10.1. The standard InChI is InChI=1S/C13H10N4O/c14-12-7-10(16-8-17-12)9-3-1-5-15-13(9)11-4-2-6-18-11/h1-8H,(H2,14,16,17). The van der Waals surface area contributed by atoms with Crippen LogP contribution in [0.3, 0.4) is 0 Å². The Morgan fingerprint density at radius 3 is 2.78 bits per heavy atom. The number of pyridine rings is 1. The van der Waals surface area contributed by atoms with E-state index in [2.05, 4.69) is 15.0 Å². The number of anilines is 1. The van der Waals surface area contributed by atoms with Gasteiger partial charge < -0.3 is 10.2 Å². The van der Waals surface area contributed by atoms with Crippen molar-refractivity contribution in [1.82, 2.24) is 15.0 Å². The predicted octanol–water partition coefficient (Wildman–Crippen LogP) is 2.38. The molecule has 0 spiro atoms. The Morgan fingerprint density at radius 2 is 2.00 bits per heavy atom. The summed E-state index contributed by atoms with van der Waals surface area (Å²) < 4.78 is 5.37. The van der Waals surface area contributed by atoms with Crippen LogP contribution in [0.2, 0.25) is 0 Å². The minimum atomic E-state index is 0.425. The summed E-state index contributed by atoms with van der Waals surface area (Å²) in [5, 5.41) is 0. The van der Waals surface area contributed by atoms with E-state index in [1.807, 2.05) is 24.3 Å². The van der Waals surface area contributed by atoms with Crippen molar-refractivity contribution in [2.75, 3.05) is 5.73 Å². The smallest absolute Gasteiger partial charge is 0.152 e. The highest BCUT2D eigenvalue weighted by atomic mass is 16.3. The van der Waals surface area contributed by atoms with Gasteiger partial charge in [0.05, 0.1) is 12.0 Å². The van der Waals surface area contributed by atoms with Crippen LogP contribution in [0.1, 0.15) is 0 Å². The van der Waals surface area contributed by atoms with Crippen LogP contribution in [0, 0.1) is 0 Å². The largest absolute Gasteiger partial charge is 0.463 e. The van der Waals surface area contributed by atoms with Crippen molar-refractivity contribution < 1.29 is 4.42 Å². The summed E-state index contributed by atoms with van der Waals surface area (Å²) in [6.45, 7) is 0. The first kappa shape index (κ1) is 10.5. The molecule has 0 saturated carbocycles. The molecule has 0 amide bonds. The lowest BCUT2D eigenvalue weighted by Crippen LogP contribution is -1.94. The second-order valence-electron chi connectivity index (χ2n) is 3.70. The molecule has 5 heteroatoms. The van der Waals surface area contributed by atoms with Gasteiger partial charge >= 0.3 is 0 Å². The Hall–Kier alpha value is -2.69. The number of nitrogens with zero attached hydrogens (tertiary/aromatic N) is 3. The number of furan rings is 1. The van der Waals surface area contributed by atoms with Crippen molar-refractivity contribution in [2.24, 2.45) is 0 Å². The maximum Gasteiger partial charge on any atom is 0.152 e. The lowest BCUT2D eigenvalue weighted by Gasteiger charge is -2.05. The van der Waals surface area contributed by atoms with Crippen molar-refractivity contribution in [2.45, 2.75) is 0 Å². The molecule has 0 radical (unpaired) electrons. The summed E-state index contributed by atoms with van der Waals surface area (Å²) in [4.78, 5) is 12.4. The van der Waals surface area contributed by atoms with Gasteiger partial charge in [-0.05, 0) is 24.3 Å². The first-order chi connectivity index (χ1) is 8.84. The van der Waals surface area contributed by atoms with Gasteiger partial charge in [0.1, 0.15) is 17.8 Å².